The highest BCUT2D eigenvalue weighted by molar-refractivity contribution is 7.48. The summed E-state index contributed by atoms with van der Waals surface area (Å²) in [6.07, 6.45) is -1.27. The lowest BCUT2D eigenvalue weighted by Crippen LogP contribution is -2.27. The molecule has 0 aliphatic heterocycles. The normalized spacial score (nSPS) is 13.1. The topological polar surface area (TPSA) is 156 Å². The number of phosphoric acid groups is 2. The van der Waals surface area contributed by atoms with E-state index >= 15 is 0 Å². The maximum absolute atomic E-state index is 12.7. The number of esters is 1. The van der Waals surface area contributed by atoms with E-state index in [-0.39, 0.29) is 37.7 Å². The Balaban J connectivity index is 2.98. The summed E-state index contributed by atoms with van der Waals surface area (Å²) in [5.74, 6) is -1.71. The van der Waals surface area contributed by atoms with Crippen LogP contribution >= 0.6 is 15.6 Å². The van der Waals surface area contributed by atoms with Crippen molar-refractivity contribution >= 4 is 21.6 Å². The number of benzene rings is 1. The molecule has 0 aromatic heterocycles. The quantitative estimate of drug-likeness (QED) is 0.249. The molecule has 0 amide bonds. The minimum Gasteiger partial charge on any atom is -0.508 e. The van der Waals surface area contributed by atoms with E-state index in [0.29, 0.717) is 0 Å². The molecular weight excluding hydrogens is 470 g/mol. The fourth-order valence-electron chi connectivity index (χ4n) is 2.25. The number of phosphoric ester groups is 2. The van der Waals surface area contributed by atoms with Crippen molar-refractivity contribution in [3.8, 4) is 11.5 Å². The van der Waals surface area contributed by atoms with Crippen molar-refractivity contribution < 1.29 is 56.0 Å². The van der Waals surface area contributed by atoms with Gasteiger partial charge in [-0.3, -0.25) is 27.1 Å². The van der Waals surface area contributed by atoms with Gasteiger partial charge in [-0.15, -0.1) is 0 Å². The van der Waals surface area contributed by atoms with Crippen LogP contribution in [0.25, 0.3) is 0 Å². The van der Waals surface area contributed by atoms with Crippen LogP contribution in [0.2, 0.25) is 0 Å². The van der Waals surface area contributed by atoms with Gasteiger partial charge >= 0.3 is 21.6 Å². The molecule has 0 aliphatic rings. The summed E-state index contributed by atoms with van der Waals surface area (Å²) in [4.78, 5) is 12.3. The minimum absolute atomic E-state index is 0.00239. The highest BCUT2D eigenvalue weighted by atomic mass is 31.2. The van der Waals surface area contributed by atoms with Gasteiger partial charge in [0.15, 0.2) is 0 Å². The third-order valence-corrected chi connectivity index (χ3v) is 6.77. The summed E-state index contributed by atoms with van der Waals surface area (Å²) in [5, 5.41) is 19.2. The number of rotatable bonds is 16. The molecule has 0 fully saturated rings. The molecule has 32 heavy (non-hydrogen) atoms. The largest absolute Gasteiger partial charge is 0.508 e. The number of hydrogen-bond acceptors (Lipinski definition) is 12. The van der Waals surface area contributed by atoms with Crippen LogP contribution in [0.4, 0.5) is 0 Å². The number of phenols is 2. The number of ether oxygens (including phenoxy) is 1. The molecule has 0 saturated heterocycles. The third kappa shape index (κ3) is 9.56. The van der Waals surface area contributed by atoms with Gasteiger partial charge in [0.05, 0.1) is 33.0 Å². The van der Waals surface area contributed by atoms with Gasteiger partial charge in [0.1, 0.15) is 29.8 Å². The van der Waals surface area contributed by atoms with Gasteiger partial charge in [0.2, 0.25) is 0 Å². The van der Waals surface area contributed by atoms with E-state index in [2.05, 4.69) is 0 Å². The molecule has 1 aromatic rings. The van der Waals surface area contributed by atoms with Crippen molar-refractivity contribution in [1.29, 1.82) is 0 Å². The summed E-state index contributed by atoms with van der Waals surface area (Å²) in [6, 6.07) is 3.31. The molecule has 184 valence electrons. The SMILES string of the molecule is CCOP(=O)(OCC)OCC(COC(=O)c1ccc(O)cc1O)OP(=O)(OCC)OCC. The van der Waals surface area contributed by atoms with Crippen molar-refractivity contribution in [1.82, 2.24) is 0 Å². The molecule has 2 N–H and O–H groups in total. The molecule has 12 nitrogen and oxygen atoms in total. The van der Waals surface area contributed by atoms with Crippen LogP contribution in [0, 0.1) is 0 Å². The molecule has 14 heteroatoms. The lowest BCUT2D eigenvalue weighted by Gasteiger charge is -2.24. The second kappa shape index (κ2) is 13.9. The summed E-state index contributed by atoms with van der Waals surface area (Å²) in [6.45, 7) is 5.35. The van der Waals surface area contributed by atoms with Crippen LogP contribution in [-0.2, 0) is 41.0 Å². The average molecular weight is 500 g/mol. The smallest absolute Gasteiger partial charge is 0.475 e. The van der Waals surface area contributed by atoms with Gasteiger partial charge in [-0.25, -0.2) is 13.9 Å². The zero-order valence-electron chi connectivity index (χ0n) is 18.4. The maximum Gasteiger partial charge on any atom is 0.475 e. The van der Waals surface area contributed by atoms with Gasteiger partial charge in [0.25, 0.3) is 0 Å². The van der Waals surface area contributed by atoms with Gasteiger partial charge in [0, 0.05) is 6.07 Å². The summed E-state index contributed by atoms with van der Waals surface area (Å²) in [5.41, 5.74) is -0.227. The first kappa shape index (κ1) is 28.5. The highest BCUT2D eigenvalue weighted by Crippen LogP contribution is 2.52. The fourth-order valence-corrected chi connectivity index (χ4v) is 4.77. The predicted molar refractivity (Wildman–Crippen MR) is 113 cm³/mol. The Labute approximate surface area is 186 Å². The zero-order valence-corrected chi connectivity index (χ0v) is 20.2. The van der Waals surface area contributed by atoms with Gasteiger partial charge < -0.3 is 14.9 Å². The molecular formula is C18H30O12P2. The van der Waals surface area contributed by atoms with Crippen molar-refractivity contribution in [2.75, 3.05) is 39.6 Å². The lowest BCUT2D eigenvalue weighted by atomic mass is 10.2. The number of hydrogen-bond donors (Lipinski definition) is 2. The maximum atomic E-state index is 12.7. The van der Waals surface area contributed by atoms with Crippen LogP contribution in [-0.4, -0.2) is 61.9 Å². The first-order valence-electron chi connectivity index (χ1n) is 9.92. The Kier molecular flexibility index (Phi) is 12.4. The number of aromatic hydroxyl groups is 2. The monoisotopic (exact) mass is 500 g/mol. The summed E-state index contributed by atoms with van der Waals surface area (Å²) >= 11 is 0. The van der Waals surface area contributed by atoms with Crippen molar-refractivity contribution in [3.63, 3.8) is 0 Å². The predicted octanol–water partition coefficient (Wildman–Crippen LogP) is 4.02. The highest BCUT2D eigenvalue weighted by Gasteiger charge is 2.34. The Hall–Kier alpha value is -1.49. The molecule has 1 unspecified atom stereocenters. The van der Waals surface area contributed by atoms with Crippen LogP contribution < -0.4 is 0 Å². The molecule has 0 bridgehead atoms. The first-order valence-corrected chi connectivity index (χ1v) is 12.8. The van der Waals surface area contributed by atoms with E-state index in [4.69, 9.17) is 31.9 Å². The van der Waals surface area contributed by atoms with Gasteiger partial charge in [-0.2, -0.15) is 0 Å². The van der Waals surface area contributed by atoms with Crippen molar-refractivity contribution in [2.24, 2.45) is 0 Å². The van der Waals surface area contributed by atoms with Crippen LogP contribution in [0.1, 0.15) is 38.1 Å². The van der Waals surface area contributed by atoms with Crippen molar-refractivity contribution in [2.45, 2.75) is 33.8 Å². The van der Waals surface area contributed by atoms with Crippen LogP contribution in [0.3, 0.4) is 0 Å². The molecule has 1 aromatic carbocycles. The third-order valence-electron chi connectivity index (χ3n) is 3.45. The van der Waals surface area contributed by atoms with E-state index in [1.165, 1.54) is 6.07 Å². The molecule has 0 saturated carbocycles. The summed E-state index contributed by atoms with van der Waals surface area (Å²) < 4.78 is 61.2. The van der Waals surface area contributed by atoms with Crippen LogP contribution in [0.5, 0.6) is 11.5 Å². The average Bonchev–Trinajstić information content (AvgIpc) is 2.70. The van der Waals surface area contributed by atoms with Crippen LogP contribution in [0.15, 0.2) is 18.2 Å². The molecule has 1 atom stereocenters. The fraction of sp³-hybridized carbons (Fsp3) is 0.611. The second-order valence-electron chi connectivity index (χ2n) is 5.89. The van der Waals surface area contributed by atoms with E-state index in [1.54, 1.807) is 27.7 Å². The van der Waals surface area contributed by atoms with Crippen molar-refractivity contribution in [3.05, 3.63) is 23.8 Å². The summed E-state index contributed by atoms with van der Waals surface area (Å²) in [7, 11) is -8.01. The van der Waals surface area contributed by atoms with Gasteiger partial charge in [-0.05, 0) is 39.8 Å². The van der Waals surface area contributed by atoms with E-state index in [0.717, 1.165) is 12.1 Å². The van der Waals surface area contributed by atoms with Gasteiger partial charge in [-0.1, -0.05) is 0 Å². The van der Waals surface area contributed by atoms with E-state index < -0.39 is 46.7 Å². The molecule has 0 aliphatic carbocycles. The standard InChI is InChI=1S/C18H30O12P2/c1-5-25-31(22,26-6-2)29-13-15(30-32(23,27-7-3)28-8-4)12-24-18(21)16-10-9-14(19)11-17(16)20/h9-11,15,19-20H,5-8,12-13H2,1-4H3. The lowest BCUT2D eigenvalue weighted by molar-refractivity contribution is -0.00421. The molecule has 0 radical (unpaired) electrons. The molecule has 1 rings (SSSR count). The van der Waals surface area contributed by atoms with E-state index in [1.807, 2.05) is 0 Å². The Morgan fingerprint density at radius 1 is 0.844 bits per heavy atom. The minimum atomic E-state index is -4.06. The zero-order chi connectivity index (χ0) is 24.2. The Bertz CT molecular complexity index is 795. The second-order valence-corrected chi connectivity index (χ2v) is 9.18. The number of carbonyl (C=O) groups excluding carboxylic acids is 1. The molecule has 0 heterocycles. The Morgan fingerprint density at radius 3 is 1.88 bits per heavy atom. The number of carbonyl (C=O) groups is 1. The first-order chi connectivity index (χ1) is 15.1. The Morgan fingerprint density at radius 2 is 1.38 bits per heavy atom. The van der Waals surface area contributed by atoms with E-state index in [9.17, 15) is 24.1 Å². The number of phenolic OH excluding ortho intramolecular Hbond substituents is 2. The molecule has 0 spiro atoms.